The molecule has 0 aliphatic heterocycles. The predicted molar refractivity (Wildman–Crippen MR) is 71.2 cm³/mol. The summed E-state index contributed by atoms with van der Waals surface area (Å²) >= 11 is 0. The fraction of sp³-hybridized carbons (Fsp3) is 0.385. The molecule has 0 saturated heterocycles. The number of nitrogens with one attached hydrogen (secondary N) is 1. The van der Waals surface area contributed by atoms with Crippen molar-refractivity contribution in [3.8, 4) is 5.75 Å². The average Bonchev–Trinajstić information content (AvgIpc) is 2.31. The fourth-order valence-corrected chi connectivity index (χ4v) is 1.69. The lowest BCUT2D eigenvalue weighted by atomic mass is 9.96. The molecule has 5 N–H and O–H groups in total. The van der Waals surface area contributed by atoms with Gasteiger partial charge in [0.2, 0.25) is 5.91 Å². The molecule has 0 aliphatic carbocycles. The van der Waals surface area contributed by atoms with Crippen LogP contribution in [0, 0.1) is 0 Å². The molecule has 1 unspecified atom stereocenters. The van der Waals surface area contributed by atoms with Gasteiger partial charge in [-0.15, -0.1) is 0 Å². The Hall–Kier alpha value is -2.08. The summed E-state index contributed by atoms with van der Waals surface area (Å²) in [6.45, 7) is 3.53. The first-order valence-corrected chi connectivity index (χ1v) is 5.94. The largest absolute Gasteiger partial charge is 0.507 e. The molecule has 104 valence electrons. The van der Waals surface area contributed by atoms with Crippen molar-refractivity contribution >= 4 is 17.6 Å². The van der Waals surface area contributed by atoms with Crippen molar-refractivity contribution in [1.82, 2.24) is 0 Å². The Morgan fingerprint density at radius 3 is 2.58 bits per heavy atom. The number of aromatic carboxylic acids is 1. The summed E-state index contributed by atoms with van der Waals surface area (Å²) in [6.07, 6.45) is 1.28. The molecule has 0 aromatic heterocycles. The molecule has 0 bridgehead atoms. The Labute approximate surface area is 111 Å². The van der Waals surface area contributed by atoms with Gasteiger partial charge < -0.3 is 21.3 Å². The maximum atomic E-state index is 11.9. The highest BCUT2D eigenvalue weighted by Gasteiger charge is 2.27. The van der Waals surface area contributed by atoms with Crippen LogP contribution in [0.2, 0.25) is 0 Å². The van der Waals surface area contributed by atoms with Gasteiger partial charge >= 0.3 is 5.97 Å². The van der Waals surface area contributed by atoms with Crippen molar-refractivity contribution in [3.05, 3.63) is 23.8 Å². The van der Waals surface area contributed by atoms with Crippen LogP contribution >= 0.6 is 0 Å². The van der Waals surface area contributed by atoms with Gasteiger partial charge in [0.25, 0.3) is 0 Å². The maximum absolute atomic E-state index is 11.9. The highest BCUT2D eigenvalue weighted by molar-refractivity contribution is 5.99. The number of anilines is 1. The Kier molecular flexibility index (Phi) is 4.50. The van der Waals surface area contributed by atoms with Crippen molar-refractivity contribution < 1.29 is 19.8 Å². The van der Waals surface area contributed by atoms with Crippen molar-refractivity contribution in [1.29, 1.82) is 0 Å². The molecule has 1 aromatic carbocycles. The van der Waals surface area contributed by atoms with Crippen molar-refractivity contribution in [2.75, 3.05) is 5.32 Å². The second-order valence-corrected chi connectivity index (χ2v) is 4.66. The number of carbonyl (C=O) groups is 2. The van der Waals surface area contributed by atoms with Gasteiger partial charge in [-0.25, -0.2) is 4.79 Å². The van der Waals surface area contributed by atoms with E-state index in [9.17, 15) is 14.7 Å². The minimum atomic E-state index is -1.27. The van der Waals surface area contributed by atoms with E-state index in [0.717, 1.165) is 6.42 Å². The lowest BCUT2D eigenvalue weighted by Gasteiger charge is -2.22. The minimum Gasteiger partial charge on any atom is -0.507 e. The second kappa shape index (κ2) is 5.71. The van der Waals surface area contributed by atoms with Gasteiger partial charge in [-0.2, -0.15) is 0 Å². The third-order valence-electron chi connectivity index (χ3n) is 2.77. The number of carboxylic acids is 1. The molecule has 0 heterocycles. The molecule has 0 spiro atoms. The van der Waals surface area contributed by atoms with Crippen molar-refractivity contribution in [2.45, 2.75) is 32.2 Å². The number of nitrogens with two attached hydrogens (primary N) is 1. The smallest absolute Gasteiger partial charge is 0.339 e. The van der Waals surface area contributed by atoms with Gasteiger partial charge in [-0.1, -0.05) is 13.3 Å². The van der Waals surface area contributed by atoms with Gasteiger partial charge in [0.05, 0.1) is 5.54 Å². The summed E-state index contributed by atoms with van der Waals surface area (Å²) in [5, 5.41) is 20.8. The van der Waals surface area contributed by atoms with E-state index in [-0.39, 0.29) is 17.0 Å². The monoisotopic (exact) mass is 266 g/mol. The number of aromatic hydroxyl groups is 1. The topological polar surface area (TPSA) is 113 Å². The molecule has 1 aromatic rings. The molecule has 6 heteroatoms. The zero-order valence-corrected chi connectivity index (χ0v) is 10.9. The SMILES string of the molecule is CCCC(C)(N)C(=O)Nc1ccc(O)c(C(=O)O)c1. The predicted octanol–water partition coefficient (Wildman–Crippen LogP) is 1.55. The zero-order valence-electron chi connectivity index (χ0n) is 10.9. The summed E-state index contributed by atoms with van der Waals surface area (Å²) in [7, 11) is 0. The number of amides is 1. The summed E-state index contributed by atoms with van der Waals surface area (Å²) in [5.74, 6) is -2.01. The number of phenols is 1. The van der Waals surface area contributed by atoms with Crippen LogP contribution < -0.4 is 11.1 Å². The molecule has 6 nitrogen and oxygen atoms in total. The summed E-state index contributed by atoms with van der Waals surface area (Å²) in [5.41, 5.74) is 4.86. The van der Waals surface area contributed by atoms with Crippen LogP contribution in [0.3, 0.4) is 0 Å². The first kappa shape index (κ1) is 15.0. The normalized spacial score (nSPS) is 13.6. The molecule has 1 amide bonds. The van der Waals surface area contributed by atoms with Gasteiger partial charge in [-0.3, -0.25) is 4.79 Å². The lowest BCUT2D eigenvalue weighted by molar-refractivity contribution is -0.120. The second-order valence-electron chi connectivity index (χ2n) is 4.66. The molecule has 19 heavy (non-hydrogen) atoms. The van der Waals surface area contributed by atoms with E-state index in [2.05, 4.69) is 5.32 Å². The molecular weight excluding hydrogens is 248 g/mol. The lowest BCUT2D eigenvalue weighted by Crippen LogP contribution is -2.48. The molecule has 0 aliphatic rings. The zero-order chi connectivity index (χ0) is 14.6. The number of carboxylic acid groups (broad SMARTS) is 1. The standard InChI is InChI=1S/C13H18N2O4/c1-3-6-13(2,14)12(19)15-8-4-5-10(16)9(7-8)11(17)18/h4-5,7,16H,3,6,14H2,1-2H3,(H,15,19)(H,17,18). The third-order valence-corrected chi connectivity index (χ3v) is 2.77. The molecular formula is C13H18N2O4. The van der Waals surface area contributed by atoms with Crippen LogP contribution in [-0.4, -0.2) is 27.6 Å². The van der Waals surface area contributed by atoms with Crippen LogP contribution in [0.4, 0.5) is 5.69 Å². The fourth-order valence-electron chi connectivity index (χ4n) is 1.69. The summed E-state index contributed by atoms with van der Waals surface area (Å²) < 4.78 is 0. The van der Waals surface area contributed by atoms with Crippen LogP contribution in [0.1, 0.15) is 37.0 Å². The number of benzene rings is 1. The first-order chi connectivity index (χ1) is 8.77. The van der Waals surface area contributed by atoms with Crippen molar-refractivity contribution in [3.63, 3.8) is 0 Å². The summed E-state index contributed by atoms with van der Waals surface area (Å²) in [4.78, 5) is 22.8. The van der Waals surface area contributed by atoms with E-state index in [1.54, 1.807) is 6.92 Å². The Bertz CT molecular complexity index is 497. The van der Waals surface area contributed by atoms with Gasteiger partial charge in [0, 0.05) is 5.69 Å². The maximum Gasteiger partial charge on any atom is 0.339 e. The highest BCUT2D eigenvalue weighted by Crippen LogP contribution is 2.22. The van der Waals surface area contributed by atoms with E-state index in [1.165, 1.54) is 18.2 Å². The Balaban J connectivity index is 2.92. The van der Waals surface area contributed by atoms with E-state index in [4.69, 9.17) is 10.8 Å². The number of hydrogen-bond acceptors (Lipinski definition) is 4. The molecule has 0 fully saturated rings. The van der Waals surface area contributed by atoms with Crippen LogP contribution in [0.5, 0.6) is 5.75 Å². The Morgan fingerprint density at radius 1 is 1.42 bits per heavy atom. The van der Waals surface area contributed by atoms with E-state index in [1.807, 2.05) is 6.92 Å². The van der Waals surface area contributed by atoms with Crippen LogP contribution in [0.25, 0.3) is 0 Å². The first-order valence-electron chi connectivity index (χ1n) is 5.94. The molecule has 1 rings (SSSR count). The van der Waals surface area contributed by atoms with Crippen LogP contribution in [-0.2, 0) is 4.79 Å². The number of hydrogen-bond donors (Lipinski definition) is 4. The Morgan fingerprint density at radius 2 is 2.05 bits per heavy atom. The van der Waals surface area contributed by atoms with Gasteiger partial charge in [0.15, 0.2) is 0 Å². The van der Waals surface area contributed by atoms with E-state index >= 15 is 0 Å². The average molecular weight is 266 g/mol. The minimum absolute atomic E-state index is 0.271. The van der Waals surface area contributed by atoms with Gasteiger partial charge in [0.1, 0.15) is 11.3 Å². The number of rotatable bonds is 5. The molecule has 0 saturated carbocycles. The van der Waals surface area contributed by atoms with Gasteiger partial charge in [-0.05, 0) is 31.5 Å². The van der Waals surface area contributed by atoms with Crippen molar-refractivity contribution in [2.24, 2.45) is 5.73 Å². The third kappa shape index (κ3) is 3.69. The summed E-state index contributed by atoms with van der Waals surface area (Å²) in [6, 6.07) is 3.83. The quantitative estimate of drug-likeness (QED) is 0.604. The van der Waals surface area contributed by atoms with Crippen LogP contribution in [0.15, 0.2) is 18.2 Å². The highest BCUT2D eigenvalue weighted by atomic mass is 16.4. The molecule has 0 radical (unpaired) electrons. The van der Waals surface area contributed by atoms with E-state index < -0.39 is 17.4 Å². The molecule has 1 atom stereocenters. The van der Waals surface area contributed by atoms with E-state index in [0.29, 0.717) is 6.42 Å². The number of carbonyl (C=O) groups excluding carboxylic acids is 1.